The van der Waals surface area contributed by atoms with Gasteiger partial charge in [-0.05, 0) is 32.8 Å². The van der Waals surface area contributed by atoms with Gasteiger partial charge in [-0.2, -0.15) is 0 Å². The standard InChI is InChI=1S/C18H20N2O4S/c1-11-17(25-13(3)19-11)18(23)24-10-16(22)20-15(12(2)21)9-14-7-5-4-6-8-14/h4-8,15H,9-10H2,1-3H3,(H,20,22)/t15-/m0/s1. The Bertz CT molecular complexity index is 771. The molecule has 0 spiro atoms. The Morgan fingerprint density at radius 2 is 1.88 bits per heavy atom. The van der Waals surface area contributed by atoms with Crippen LogP contribution in [0, 0.1) is 13.8 Å². The smallest absolute Gasteiger partial charge is 0.350 e. The summed E-state index contributed by atoms with van der Waals surface area (Å²) in [5.74, 6) is -1.25. The number of amides is 1. The third-order valence-electron chi connectivity index (χ3n) is 3.53. The van der Waals surface area contributed by atoms with Crippen molar-refractivity contribution in [2.75, 3.05) is 6.61 Å². The summed E-state index contributed by atoms with van der Waals surface area (Å²) in [5.41, 5.74) is 1.52. The zero-order valence-electron chi connectivity index (χ0n) is 14.4. The van der Waals surface area contributed by atoms with Crippen LogP contribution in [-0.4, -0.2) is 35.3 Å². The molecule has 1 aromatic carbocycles. The lowest BCUT2D eigenvalue weighted by Gasteiger charge is -2.16. The number of carbonyl (C=O) groups is 3. The van der Waals surface area contributed by atoms with Gasteiger partial charge in [0.05, 0.1) is 16.7 Å². The fourth-order valence-corrected chi connectivity index (χ4v) is 3.11. The molecule has 7 heteroatoms. The minimum absolute atomic E-state index is 0.155. The van der Waals surface area contributed by atoms with Crippen molar-refractivity contribution in [3.8, 4) is 0 Å². The van der Waals surface area contributed by atoms with E-state index in [9.17, 15) is 14.4 Å². The molecule has 1 amide bonds. The van der Waals surface area contributed by atoms with Gasteiger partial charge in [0.25, 0.3) is 5.91 Å². The molecule has 0 radical (unpaired) electrons. The minimum Gasteiger partial charge on any atom is -0.451 e. The number of aromatic nitrogens is 1. The topological polar surface area (TPSA) is 85.4 Å². The Hall–Kier alpha value is -2.54. The SMILES string of the molecule is CC(=O)[C@H](Cc1ccccc1)NC(=O)COC(=O)c1sc(C)nc1C. The molecular formula is C18H20N2O4S. The van der Waals surface area contributed by atoms with Crippen molar-refractivity contribution in [3.05, 3.63) is 51.5 Å². The van der Waals surface area contributed by atoms with Gasteiger partial charge in [-0.3, -0.25) is 9.59 Å². The zero-order chi connectivity index (χ0) is 18.4. The molecule has 2 aromatic rings. The van der Waals surface area contributed by atoms with Gasteiger partial charge < -0.3 is 10.1 Å². The van der Waals surface area contributed by atoms with Crippen LogP contribution < -0.4 is 5.32 Å². The lowest BCUT2D eigenvalue weighted by atomic mass is 10.0. The number of aryl methyl sites for hydroxylation is 2. The van der Waals surface area contributed by atoms with E-state index in [4.69, 9.17) is 4.74 Å². The molecule has 0 unspecified atom stereocenters. The molecule has 0 aliphatic heterocycles. The van der Waals surface area contributed by atoms with Crippen LogP contribution in [0.1, 0.15) is 32.9 Å². The molecule has 1 aromatic heterocycles. The van der Waals surface area contributed by atoms with Crippen LogP contribution in [0.15, 0.2) is 30.3 Å². The first kappa shape index (κ1) is 18.8. The van der Waals surface area contributed by atoms with Gasteiger partial charge in [0, 0.05) is 0 Å². The minimum atomic E-state index is -0.652. The van der Waals surface area contributed by atoms with Gasteiger partial charge in [-0.1, -0.05) is 30.3 Å². The maximum absolute atomic E-state index is 12.0. The summed E-state index contributed by atoms with van der Waals surface area (Å²) in [5, 5.41) is 3.37. The van der Waals surface area contributed by atoms with Crippen LogP contribution in [0.5, 0.6) is 0 Å². The summed E-state index contributed by atoms with van der Waals surface area (Å²) in [4.78, 5) is 40.3. The van der Waals surface area contributed by atoms with Crippen molar-refractivity contribution in [2.45, 2.75) is 33.2 Å². The molecule has 0 fully saturated rings. The van der Waals surface area contributed by atoms with E-state index in [1.54, 1.807) is 13.8 Å². The molecule has 0 saturated heterocycles. The van der Waals surface area contributed by atoms with E-state index < -0.39 is 24.5 Å². The van der Waals surface area contributed by atoms with Gasteiger partial charge in [-0.15, -0.1) is 11.3 Å². The molecule has 0 saturated carbocycles. The quantitative estimate of drug-likeness (QED) is 0.766. The fraction of sp³-hybridized carbons (Fsp3) is 0.333. The summed E-state index contributed by atoms with van der Waals surface area (Å²) >= 11 is 1.22. The number of ether oxygens (including phenoxy) is 1. The van der Waals surface area contributed by atoms with Crippen molar-refractivity contribution < 1.29 is 19.1 Å². The Morgan fingerprint density at radius 1 is 1.20 bits per heavy atom. The Balaban J connectivity index is 1.90. The first-order valence-corrected chi connectivity index (χ1v) is 8.63. The van der Waals surface area contributed by atoms with Crippen LogP contribution in [0.3, 0.4) is 0 Å². The number of hydrogen-bond donors (Lipinski definition) is 1. The monoisotopic (exact) mass is 360 g/mol. The van der Waals surface area contributed by atoms with Crippen molar-refractivity contribution >= 4 is 29.0 Å². The summed E-state index contributed by atoms with van der Waals surface area (Å²) in [6.07, 6.45) is 0.392. The number of benzene rings is 1. The van der Waals surface area contributed by atoms with Crippen LogP contribution in [-0.2, 0) is 20.7 Å². The first-order valence-electron chi connectivity index (χ1n) is 7.81. The highest BCUT2D eigenvalue weighted by molar-refractivity contribution is 7.13. The third kappa shape index (κ3) is 5.49. The number of Topliss-reactive ketones (excluding diaryl/α,β-unsaturated/α-hetero) is 1. The number of nitrogens with one attached hydrogen (secondary N) is 1. The van der Waals surface area contributed by atoms with E-state index >= 15 is 0 Å². The van der Waals surface area contributed by atoms with Gasteiger partial charge in [0.1, 0.15) is 4.88 Å². The van der Waals surface area contributed by atoms with Crippen molar-refractivity contribution in [2.24, 2.45) is 0 Å². The van der Waals surface area contributed by atoms with Crippen LogP contribution in [0.2, 0.25) is 0 Å². The van der Waals surface area contributed by atoms with Gasteiger partial charge in [0.2, 0.25) is 0 Å². The Labute approximate surface area is 150 Å². The first-order chi connectivity index (χ1) is 11.9. The number of carbonyl (C=O) groups excluding carboxylic acids is 3. The molecular weight excluding hydrogens is 340 g/mol. The third-order valence-corrected chi connectivity index (χ3v) is 4.58. The second-order valence-corrected chi connectivity index (χ2v) is 6.85. The summed E-state index contributed by atoms with van der Waals surface area (Å²) in [7, 11) is 0. The highest BCUT2D eigenvalue weighted by atomic mass is 32.1. The number of nitrogens with zero attached hydrogens (tertiary/aromatic N) is 1. The number of esters is 1. The molecule has 6 nitrogen and oxygen atoms in total. The highest BCUT2D eigenvalue weighted by Crippen LogP contribution is 2.17. The zero-order valence-corrected chi connectivity index (χ0v) is 15.2. The summed E-state index contributed by atoms with van der Waals surface area (Å²) in [6, 6.07) is 8.74. The van der Waals surface area contributed by atoms with Gasteiger partial charge in [0.15, 0.2) is 12.4 Å². The van der Waals surface area contributed by atoms with Crippen molar-refractivity contribution in [1.29, 1.82) is 0 Å². The van der Waals surface area contributed by atoms with E-state index in [1.807, 2.05) is 30.3 Å². The van der Waals surface area contributed by atoms with E-state index in [0.717, 1.165) is 10.6 Å². The Morgan fingerprint density at radius 3 is 2.44 bits per heavy atom. The number of thiazole rings is 1. The van der Waals surface area contributed by atoms with E-state index in [2.05, 4.69) is 10.3 Å². The second kappa shape index (κ2) is 8.53. The Kier molecular flexibility index (Phi) is 6.41. The molecule has 1 atom stereocenters. The second-order valence-electron chi connectivity index (χ2n) is 5.64. The summed E-state index contributed by atoms with van der Waals surface area (Å²) < 4.78 is 5.02. The molecule has 0 aliphatic carbocycles. The molecule has 1 heterocycles. The fourth-order valence-electron chi connectivity index (χ4n) is 2.30. The molecule has 1 N–H and O–H groups in total. The van der Waals surface area contributed by atoms with Crippen LogP contribution in [0.25, 0.3) is 0 Å². The predicted octanol–water partition coefficient (Wildman–Crippen LogP) is 2.23. The molecule has 25 heavy (non-hydrogen) atoms. The number of hydrogen-bond acceptors (Lipinski definition) is 6. The molecule has 2 rings (SSSR count). The maximum atomic E-state index is 12.0. The highest BCUT2D eigenvalue weighted by Gasteiger charge is 2.20. The average Bonchev–Trinajstić information content (AvgIpc) is 2.91. The van der Waals surface area contributed by atoms with Crippen LogP contribution >= 0.6 is 11.3 Å². The molecule has 0 bridgehead atoms. The van der Waals surface area contributed by atoms with E-state index in [1.165, 1.54) is 18.3 Å². The average molecular weight is 360 g/mol. The van der Waals surface area contributed by atoms with Crippen LogP contribution in [0.4, 0.5) is 0 Å². The molecule has 132 valence electrons. The largest absolute Gasteiger partial charge is 0.451 e. The van der Waals surface area contributed by atoms with Crippen molar-refractivity contribution in [3.63, 3.8) is 0 Å². The lowest BCUT2D eigenvalue weighted by molar-refractivity contribution is -0.128. The van der Waals surface area contributed by atoms with E-state index in [0.29, 0.717) is 17.0 Å². The van der Waals surface area contributed by atoms with Gasteiger partial charge >= 0.3 is 5.97 Å². The normalized spacial score (nSPS) is 11.6. The summed E-state index contributed by atoms with van der Waals surface area (Å²) in [6.45, 7) is 4.49. The lowest BCUT2D eigenvalue weighted by Crippen LogP contribution is -2.43. The van der Waals surface area contributed by atoms with E-state index in [-0.39, 0.29) is 5.78 Å². The number of rotatable bonds is 7. The molecule has 0 aliphatic rings. The number of ketones is 1. The maximum Gasteiger partial charge on any atom is 0.350 e. The predicted molar refractivity (Wildman–Crippen MR) is 94.6 cm³/mol. The van der Waals surface area contributed by atoms with Crippen molar-refractivity contribution in [1.82, 2.24) is 10.3 Å². The van der Waals surface area contributed by atoms with Gasteiger partial charge in [-0.25, -0.2) is 9.78 Å².